The lowest BCUT2D eigenvalue weighted by Crippen LogP contribution is -2.12. The van der Waals surface area contributed by atoms with E-state index in [2.05, 4.69) is 5.10 Å². The number of nitrogens with zero attached hydrogens (tertiary/aromatic N) is 2. The standard InChI is InChI=1S/C21H22ClFN2O5S/c1-14-18(21(22)25(24-14)17-10-12-31(28,29)13-17)8-9-20(27)30-11-2-3-19(26)15-4-6-16(23)7-5-15/h4-9,17H,2-3,10-13H2,1H3. The molecule has 1 aromatic carbocycles. The van der Waals surface area contributed by atoms with Crippen LogP contribution in [0.2, 0.25) is 5.15 Å². The van der Waals surface area contributed by atoms with Gasteiger partial charge in [-0.2, -0.15) is 5.10 Å². The maximum atomic E-state index is 12.9. The second kappa shape index (κ2) is 9.74. The summed E-state index contributed by atoms with van der Waals surface area (Å²) in [6, 6.07) is 4.96. The summed E-state index contributed by atoms with van der Waals surface area (Å²) in [5.74, 6) is -1.06. The van der Waals surface area contributed by atoms with E-state index >= 15 is 0 Å². The van der Waals surface area contributed by atoms with Crippen LogP contribution in [0.4, 0.5) is 4.39 Å². The molecule has 1 aromatic heterocycles. The molecule has 2 heterocycles. The Kier molecular flexibility index (Phi) is 7.27. The Bertz CT molecular complexity index is 1110. The number of hydrogen-bond acceptors (Lipinski definition) is 6. The Morgan fingerprint density at radius 1 is 1.32 bits per heavy atom. The van der Waals surface area contributed by atoms with Gasteiger partial charge in [-0.3, -0.25) is 4.79 Å². The largest absolute Gasteiger partial charge is 0.463 e. The number of aromatic nitrogens is 2. The van der Waals surface area contributed by atoms with Gasteiger partial charge in [0.1, 0.15) is 11.0 Å². The van der Waals surface area contributed by atoms with E-state index in [4.69, 9.17) is 16.3 Å². The van der Waals surface area contributed by atoms with Crippen LogP contribution in [-0.4, -0.2) is 48.1 Å². The molecule has 0 saturated carbocycles. The number of sulfone groups is 1. The van der Waals surface area contributed by atoms with Crippen LogP contribution in [0.3, 0.4) is 0 Å². The zero-order valence-electron chi connectivity index (χ0n) is 16.9. The molecule has 0 aliphatic carbocycles. The minimum Gasteiger partial charge on any atom is -0.463 e. The summed E-state index contributed by atoms with van der Waals surface area (Å²) in [5.41, 5.74) is 1.50. The summed E-state index contributed by atoms with van der Waals surface area (Å²) in [6.45, 7) is 1.78. The van der Waals surface area contributed by atoms with Crippen LogP contribution < -0.4 is 0 Å². The molecule has 2 aromatic rings. The second-order valence-corrected chi connectivity index (χ2v) is 9.91. The number of carbonyl (C=O) groups is 2. The van der Waals surface area contributed by atoms with Gasteiger partial charge in [-0.25, -0.2) is 22.3 Å². The van der Waals surface area contributed by atoms with Gasteiger partial charge in [-0.1, -0.05) is 11.6 Å². The van der Waals surface area contributed by atoms with Crippen molar-refractivity contribution in [2.24, 2.45) is 0 Å². The highest BCUT2D eigenvalue weighted by Crippen LogP contribution is 2.30. The van der Waals surface area contributed by atoms with E-state index in [1.54, 1.807) is 6.92 Å². The molecule has 1 aliphatic rings. The molecular weight excluding hydrogens is 447 g/mol. The van der Waals surface area contributed by atoms with Crippen molar-refractivity contribution in [3.63, 3.8) is 0 Å². The average molecular weight is 469 g/mol. The number of halogens is 2. The maximum Gasteiger partial charge on any atom is 0.330 e. The van der Waals surface area contributed by atoms with Gasteiger partial charge in [0, 0.05) is 23.6 Å². The predicted octanol–water partition coefficient (Wildman–Crippen LogP) is 3.56. The van der Waals surface area contributed by atoms with Crippen molar-refractivity contribution in [1.82, 2.24) is 9.78 Å². The van der Waals surface area contributed by atoms with Gasteiger partial charge in [0.15, 0.2) is 15.6 Å². The molecule has 3 rings (SSSR count). The number of benzene rings is 1. The summed E-state index contributed by atoms with van der Waals surface area (Å²) in [7, 11) is -3.08. The van der Waals surface area contributed by atoms with Crippen LogP contribution in [0, 0.1) is 12.7 Å². The Labute approximate surface area is 184 Å². The number of aryl methyl sites for hydroxylation is 1. The van der Waals surface area contributed by atoms with E-state index in [1.807, 2.05) is 0 Å². The summed E-state index contributed by atoms with van der Waals surface area (Å²) in [5, 5.41) is 4.59. The third-order valence-corrected chi connectivity index (χ3v) is 7.10. The molecule has 1 atom stereocenters. The highest BCUT2D eigenvalue weighted by atomic mass is 35.5. The monoisotopic (exact) mass is 468 g/mol. The number of esters is 1. The Morgan fingerprint density at radius 2 is 2.03 bits per heavy atom. The molecule has 1 aliphatic heterocycles. The van der Waals surface area contributed by atoms with Crippen LogP contribution in [0.25, 0.3) is 6.08 Å². The first kappa shape index (κ1) is 23.1. The Balaban J connectivity index is 1.50. The zero-order valence-corrected chi connectivity index (χ0v) is 18.5. The number of hydrogen-bond donors (Lipinski definition) is 0. The van der Waals surface area contributed by atoms with E-state index in [0.717, 1.165) is 0 Å². The smallest absolute Gasteiger partial charge is 0.330 e. The van der Waals surface area contributed by atoms with Crippen LogP contribution >= 0.6 is 11.6 Å². The number of Topliss-reactive ketones (excluding diaryl/α,β-unsaturated/α-hetero) is 1. The number of rotatable bonds is 8. The fraction of sp³-hybridized carbons (Fsp3) is 0.381. The lowest BCUT2D eigenvalue weighted by molar-refractivity contribution is -0.137. The van der Waals surface area contributed by atoms with E-state index in [1.165, 1.54) is 41.1 Å². The first-order valence-electron chi connectivity index (χ1n) is 9.75. The number of carbonyl (C=O) groups excluding carboxylic acids is 2. The second-order valence-electron chi connectivity index (χ2n) is 7.33. The first-order valence-corrected chi connectivity index (χ1v) is 11.9. The van der Waals surface area contributed by atoms with Crippen molar-refractivity contribution in [3.05, 3.63) is 58.1 Å². The highest BCUT2D eigenvalue weighted by Gasteiger charge is 2.31. The van der Waals surface area contributed by atoms with Crippen LogP contribution in [0.5, 0.6) is 0 Å². The number of ether oxygens (including phenoxy) is 1. The van der Waals surface area contributed by atoms with Crippen molar-refractivity contribution in [2.45, 2.75) is 32.2 Å². The van der Waals surface area contributed by atoms with Crippen molar-refractivity contribution in [2.75, 3.05) is 18.1 Å². The van der Waals surface area contributed by atoms with Gasteiger partial charge in [0.25, 0.3) is 0 Å². The molecule has 0 spiro atoms. The summed E-state index contributed by atoms with van der Waals surface area (Å²) in [4.78, 5) is 24.0. The number of ketones is 1. The minimum atomic E-state index is -3.08. The third kappa shape index (κ3) is 6.01. The van der Waals surface area contributed by atoms with Gasteiger partial charge < -0.3 is 4.74 Å². The molecule has 10 heteroatoms. The van der Waals surface area contributed by atoms with Crippen molar-refractivity contribution >= 4 is 39.3 Å². The van der Waals surface area contributed by atoms with Gasteiger partial charge >= 0.3 is 5.97 Å². The fourth-order valence-corrected chi connectivity index (χ4v) is 5.38. The fourth-order valence-electron chi connectivity index (χ4n) is 3.32. The van der Waals surface area contributed by atoms with Gasteiger partial charge in [0.05, 0.1) is 29.8 Å². The molecule has 0 radical (unpaired) electrons. The Hall–Kier alpha value is -2.52. The summed E-state index contributed by atoms with van der Waals surface area (Å²) < 4.78 is 42.9. The quantitative estimate of drug-likeness (QED) is 0.254. The normalized spacial score (nSPS) is 17.8. The molecule has 166 valence electrons. The summed E-state index contributed by atoms with van der Waals surface area (Å²) >= 11 is 6.36. The molecule has 0 amide bonds. The summed E-state index contributed by atoms with van der Waals surface area (Å²) in [6.07, 6.45) is 3.66. The van der Waals surface area contributed by atoms with E-state index < -0.39 is 21.6 Å². The topological polar surface area (TPSA) is 95.3 Å². The zero-order chi connectivity index (χ0) is 22.6. The van der Waals surface area contributed by atoms with Gasteiger partial charge in [-0.05, 0) is 50.1 Å². The van der Waals surface area contributed by atoms with Gasteiger partial charge in [0.2, 0.25) is 0 Å². The molecular formula is C21H22ClFN2O5S. The maximum absolute atomic E-state index is 12.9. The van der Waals surface area contributed by atoms with Gasteiger partial charge in [-0.15, -0.1) is 0 Å². The molecule has 1 fully saturated rings. The van der Waals surface area contributed by atoms with Crippen molar-refractivity contribution in [1.29, 1.82) is 0 Å². The van der Waals surface area contributed by atoms with Crippen molar-refractivity contribution in [3.8, 4) is 0 Å². The highest BCUT2D eigenvalue weighted by molar-refractivity contribution is 7.91. The van der Waals surface area contributed by atoms with Crippen LogP contribution in [0.15, 0.2) is 30.3 Å². The third-order valence-electron chi connectivity index (χ3n) is 4.97. The predicted molar refractivity (Wildman–Crippen MR) is 114 cm³/mol. The molecule has 31 heavy (non-hydrogen) atoms. The molecule has 1 unspecified atom stereocenters. The van der Waals surface area contributed by atoms with Crippen molar-refractivity contribution < 1.29 is 27.1 Å². The SMILES string of the molecule is Cc1nn(C2CCS(=O)(=O)C2)c(Cl)c1C=CC(=O)OCCCC(=O)c1ccc(F)cc1. The molecule has 1 saturated heterocycles. The Morgan fingerprint density at radius 3 is 2.68 bits per heavy atom. The van der Waals surface area contributed by atoms with Crippen LogP contribution in [0.1, 0.15) is 46.9 Å². The van der Waals surface area contributed by atoms with E-state index in [-0.39, 0.29) is 41.5 Å². The molecule has 0 N–H and O–H groups in total. The minimum absolute atomic E-state index is 0.00429. The lowest BCUT2D eigenvalue weighted by atomic mass is 10.1. The first-order chi connectivity index (χ1) is 14.7. The van der Waals surface area contributed by atoms with E-state index in [9.17, 15) is 22.4 Å². The molecule has 0 bridgehead atoms. The van der Waals surface area contributed by atoms with Crippen LogP contribution in [-0.2, 0) is 19.4 Å². The average Bonchev–Trinajstić information content (AvgIpc) is 3.22. The lowest BCUT2D eigenvalue weighted by Gasteiger charge is -2.09. The van der Waals surface area contributed by atoms with E-state index in [0.29, 0.717) is 29.7 Å². The molecule has 7 nitrogen and oxygen atoms in total.